The third-order valence-electron chi connectivity index (χ3n) is 2.69. The number of pyridine rings is 1. The molecule has 1 aromatic heterocycles. The Morgan fingerprint density at radius 1 is 1.35 bits per heavy atom. The molecule has 0 unspecified atom stereocenters. The van der Waals surface area contributed by atoms with Crippen molar-refractivity contribution in [2.24, 2.45) is 5.41 Å². The van der Waals surface area contributed by atoms with Crippen molar-refractivity contribution in [1.29, 1.82) is 0 Å². The van der Waals surface area contributed by atoms with E-state index in [2.05, 4.69) is 4.98 Å². The molecule has 1 aromatic rings. The summed E-state index contributed by atoms with van der Waals surface area (Å²) in [5.41, 5.74) is -0.596. The fraction of sp³-hybridized carbons (Fsp3) is 0.538. The van der Waals surface area contributed by atoms with Gasteiger partial charge in [0.2, 0.25) is 0 Å². The lowest BCUT2D eigenvalue weighted by Gasteiger charge is -2.18. The molecular weight excluding hydrogens is 234 g/mol. The highest BCUT2D eigenvalue weighted by Crippen LogP contribution is 2.25. The number of aromatic nitrogens is 1. The molecule has 0 amide bonds. The van der Waals surface area contributed by atoms with Crippen molar-refractivity contribution in [3.05, 3.63) is 24.5 Å². The lowest BCUT2D eigenvalue weighted by Crippen LogP contribution is -2.23. The molecule has 4 heteroatoms. The maximum atomic E-state index is 10.9. The third-order valence-corrected chi connectivity index (χ3v) is 3.79. The van der Waals surface area contributed by atoms with Gasteiger partial charge in [-0.05, 0) is 44.6 Å². The van der Waals surface area contributed by atoms with Crippen LogP contribution in [0.25, 0.3) is 0 Å². The zero-order valence-corrected chi connectivity index (χ0v) is 11.2. The number of carboxylic acids is 1. The quantitative estimate of drug-likeness (QED) is 0.597. The zero-order valence-electron chi connectivity index (χ0n) is 10.3. The van der Waals surface area contributed by atoms with Gasteiger partial charge in [0, 0.05) is 17.3 Å². The number of carbonyl (C=O) groups is 1. The van der Waals surface area contributed by atoms with E-state index in [0.29, 0.717) is 0 Å². The SMILES string of the molecule is CC(C)(CCCCSc1ccncc1)C(=O)O. The number of hydrogen-bond donors (Lipinski definition) is 1. The average molecular weight is 253 g/mol. The molecule has 3 nitrogen and oxygen atoms in total. The Labute approximate surface area is 107 Å². The molecule has 0 aliphatic rings. The molecule has 0 spiro atoms. The number of nitrogens with zero attached hydrogens (tertiary/aromatic N) is 1. The Morgan fingerprint density at radius 3 is 2.59 bits per heavy atom. The van der Waals surface area contributed by atoms with Gasteiger partial charge in [-0.2, -0.15) is 0 Å². The summed E-state index contributed by atoms with van der Waals surface area (Å²) in [6.45, 7) is 3.57. The maximum absolute atomic E-state index is 10.9. The van der Waals surface area contributed by atoms with Gasteiger partial charge in [0.1, 0.15) is 0 Å². The van der Waals surface area contributed by atoms with E-state index >= 15 is 0 Å². The molecule has 0 saturated carbocycles. The average Bonchev–Trinajstić information content (AvgIpc) is 2.29. The lowest BCUT2D eigenvalue weighted by atomic mass is 9.88. The van der Waals surface area contributed by atoms with E-state index in [0.717, 1.165) is 25.0 Å². The number of unbranched alkanes of at least 4 members (excludes halogenated alkanes) is 1. The first-order chi connectivity index (χ1) is 8.02. The number of carboxylic acid groups (broad SMARTS) is 1. The van der Waals surface area contributed by atoms with Crippen LogP contribution in [-0.4, -0.2) is 21.8 Å². The van der Waals surface area contributed by atoms with Gasteiger partial charge in [0.15, 0.2) is 0 Å². The summed E-state index contributed by atoms with van der Waals surface area (Å²) in [5.74, 6) is 0.318. The second-order valence-corrected chi connectivity index (χ2v) is 5.85. The molecule has 1 N–H and O–H groups in total. The molecule has 0 fully saturated rings. The Hall–Kier alpha value is -1.03. The highest BCUT2D eigenvalue weighted by atomic mass is 32.2. The van der Waals surface area contributed by atoms with Crippen LogP contribution < -0.4 is 0 Å². The Balaban J connectivity index is 2.15. The lowest BCUT2D eigenvalue weighted by molar-refractivity contribution is -0.147. The van der Waals surface area contributed by atoms with Crippen LogP contribution in [0.1, 0.15) is 33.1 Å². The number of thioether (sulfide) groups is 1. The minimum Gasteiger partial charge on any atom is -0.481 e. The Kier molecular flexibility index (Phi) is 5.48. The molecule has 0 aliphatic heterocycles. The van der Waals surface area contributed by atoms with E-state index in [4.69, 9.17) is 5.11 Å². The molecule has 0 aliphatic carbocycles. The minimum atomic E-state index is -0.709. The fourth-order valence-corrected chi connectivity index (χ4v) is 2.30. The van der Waals surface area contributed by atoms with Gasteiger partial charge in [-0.25, -0.2) is 0 Å². The summed E-state index contributed by atoms with van der Waals surface area (Å²) < 4.78 is 0. The van der Waals surface area contributed by atoms with E-state index < -0.39 is 11.4 Å². The van der Waals surface area contributed by atoms with Crippen LogP contribution in [0, 0.1) is 5.41 Å². The van der Waals surface area contributed by atoms with Crippen molar-refractivity contribution in [1.82, 2.24) is 4.98 Å². The summed E-state index contributed by atoms with van der Waals surface area (Å²) in [6.07, 6.45) is 6.31. The first-order valence-corrected chi connectivity index (χ1v) is 6.77. The molecule has 0 saturated heterocycles. The fourth-order valence-electron chi connectivity index (χ4n) is 1.40. The van der Waals surface area contributed by atoms with E-state index in [9.17, 15) is 4.79 Å². The van der Waals surface area contributed by atoms with Crippen LogP contribution >= 0.6 is 11.8 Å². The van der Waals surface area contributed by atoms with E-state index in [1.165, 1.54) is 4.90 Å². The molecule has 0 atom stereocenters. The summed E-state index contributed by atoms with van der Waals surface area (Å²) in [5, 5.41) is 8.96. The maximum Gasteiger partial charge on any atom is 0.309 e. The summed E-state index contributed by atoms with van der Waals surface area (Å²) in [7, 11) is 0. The highest BCUT2D eigenvalue weighted by molar-refractivity contribution is 7.99. The van der Waals surface area contributed by atoms with Crippen molar-refractivity contribution in [3.63, 3.8) is 0 Å². The second kappa shape index (κ2) is 6.64. The van der Waals surface area contributed by atoms with E-state index in [-0.39, 0.29) is 0 Å². The van der Waals surface area contributed by atoms with E-state index in [1.54, 1.807) is 38.0 Å². The van der Waals surface area contributed by atoms with Crippen LogP contribution in [-0.2, 0) is 4.79 Å². The molecule has 0 bridgehead atoms. The predicted molar refractivity (Wildman–Crippen MR) is 70.2 cm³/mol. The molecule has 94 valence electrons. The molecule has 0 radical (unpaired) electrons. The zero-order chi connectivity index (χ0) is 12.7. The van der Waals surface area contributed by atoms with Gasteiger partial charge in [-0.3, -0.25) is 9.78 Å². The van der Waals surface area contributed by atoms with Crippen molar-refractivity contribution in [2.45, 2.75) is 38.0 Å². The second-order valence-electron chi connectivity index (χ2n) is 4.68. The van der Waals surface area contributed by atoms with Crippen LogP contribution in [0.4, 0.5) is 0 Å². The summed E-state index contributed by atoms with van der Waals surface area (Å²) in [6, 6.07) is 3.98. The first-order valence-electron chi connectivity index (χ1n) is 5.78. The molecule has 1 heterocycles. The summed E-state index contributed by atoms with van der Waals surface area (Å²) in [4.78, 5) is 16.1. The van der Waals surface area contributed by atoms with Crippen molar-refractivity contribution >= 4 is 17.7 Å². The molecular formula is C13H19NO2S. The number of aliphatic carboxylic acids is 1. The smallest absolute Gasteiger partial charge is 0.309 e. The largest absolute Gasteiger partial charge is 0.481 e. The third kappa shape index (κ3) is 5.22. The summed E-state index contributed by atoms with van der Waals surface area (Å²) >= 11 is 1.79. The van der Waals surface area contributed by atoms with Gasteiger partial charge in [0.25, 0.3) is 0 Å². The van der Waals surface area contributed by atoms with Gasteiger partial charge < -0.3 is 5.11 Å². The van der Waals surface area contributed by atoms with Crippen molar-refractivity contribution < 1.29 is 9.90 Å². The van der Waals surface area contributed by atoms with Gasteiger partial charge in [0.05, 0.1) is 5.41 Å². The van der Waals surface area contributed by atoms with Crippen LogP contribution in [0.3, 0.4) is 0 Å². The van der Waals surface area contributed by atoms with E-state index in [1.807, 2.05) is 12.1 Å². The van der Waals surface area contributed by atoms with Crippen molar-refractivity contribution in [2.75, 3.05) is 5.75 Å². The minimum absolute atomic E-state index is 0.596. The van der Waals surface area contributed by atoms with Gasteiger partial charge in [-0.15, -0.1) is 11.8 Å². The Morgan fingerprint density at radius 2 is 2.00 bits per heavy atom. The van der Waals surface area contributed by atoms with Gasteiger partial charge in [-0.1, -0.05) is 6.42 Å². The van der Waals surface area contributed by atoms with Crippen LogP contribution in [0.5, 0.6) is 0 Å². The molecule has 0 aromatic carbocycles. The van der Waals surface area contributed by atoms with Gasteiger partial charge >= 0.3 is 5.97 Å². The predicted octanol–water partition coefficient (Wildman–Crippen LogP) is 3.45. The number of hydrogen-bond acceptors (Lipinski definition) is 3. The Bertz CT molecular complexity index is 352. The van der Waals surface area contributed by atoms with Crippen LogP contribution in [0.2, 0.25) is 0 Å². The number of rotatable bonds is 7. The highest BCUT2D eigenvalue weighted by Gasteiger charge is 2.25. The first kappa shape index (κ1) is 14.0. The monoisotopic (exact) mass is 253 g/mol. The standard InChI is InChI=1S/C13H19NO2S/c1-13(2,12(15)16)7-3-4-10-17-11-5-8-14-9-6-11/h5-6,8-9H,3-4,7,10H2,1-2H3,(H,15,16). The topological polar surface area (TPSA) is 50.2 Å². The normalized spacial score (nSPS) is 11.4. The van der Waals surface area contributed by atoms with Crippen LogP contribution in [0.15, 0.2) is 29.4 Å². The molecule has 17 heavy (non-hydrogen) atoms. The van der Waals surface area contributed by atoms with Crippen molar-refractivity contribution in [3.8, 4) is 0 Å². The molecule has 1 rings (SSSR count).